The highest BCUT2D eigenvalue weighted by Gasteiger charge is 2.24. The number of hydrogen-bond acceptors (Lipinski definition) is 5. The van der Waals surface area contributed by atoms with Crippen molar-refractivity contribution in [3.63, 3.8) is 0 Å². The van der Waals surface area contributed by atoms with E-state index in [1.807, 2.05) is 36.1 Å². The fourth-order valence-corrected chi connectivity index (χ4v) is 3.99. The lowest BCUT2D eigenvalue weighted by Gasteiger charge is -2.33. The molecule has 1 fully saturated rings. The summed E-state index contributed by atoms with van der Waals surface area (Å²) in [4.78, 5) is 14.8. The Labute approximate surface area is 171 Å². The quantitative estimate of drug-likeness (QED) is 0.602. The zero-order chi connectivity index (χ0) is 19.8. The van der Waals surface area contributed by atoms with Crippen molar-refractivity contribution in [3.8, 4) is 17.3 Å². The average molecular weight is 444 g/mol. The summed E-state index contributed by atoms with van der Waals surface area (Å²) in [5.41, 5.74) is 3.08. The summed E-state index contributed by atoms with van der Waals surface area (Å²) in [6.45, 7) is 6.65. The lowest BCUT2D eigenvalue weighted by Crippen LogP contribution is -2.42. The lowest BCUT2D eigenvalue weighted by atomic mass is 10.0. The van der Waals surface area contributed by atoms with Crippen LogP contribution in [0, 0.1) is 13.8 Å². The molecule has 3 heterocycles. The molecule has 28 heavy (non-hydrogen) atoms. The number of hydrogen-bond donors (Lipinski definition) is 0. The van der Waals surface area contributed by atoms with Gasteiger partial charge in [0.05, 0.1) is 15.9 Å². The molecule has 1 aliphatic rings. The number of aryl methyl sites for hydroxylation is 1. The first kappa shape index (κ1) is 18.9. The van der Waals surface area contributed by atoms with Crippen LogP contribution < -0.4 is 0 Å². The van der Waals surface area contributed by atoms with Crippen molar-refractivity contribution in [2.45, 2.75) is 46.1 Å². The summed E-state index contributed by atoms with van der Waals surface area (Å²) >= 11 is 3.57. The molecule has 8 heteroatoms. The Balaban J connectivity index is 1.62. The van der Waals surface area contributed by atoms with Gasteiger partial charge >= 0.3 is 0 Å². The van der Waals surface area contributed by atoms with Crippen LogP contribution in [-0.2, 0) is 0 Å². The second-order valence-electron chi connectivity index (χ2n) is 7.18. The molecule has 0 radical (unpaired) electrons. The fourth-order valence-electron chi connectivity index (χ4n) is 3.57. The molecular formula is C20H22BrN5O2. The summed E-state index contributed by atoms with van der Waals surface area (Å²) in [6, 6.07) is 7.86. The Hall–Kier alpha value is -2.48. The molecule has 1 amide bonds. The van der Waals surface area contributed by atoms with E-state index < -0.39 is 0 Å². The maximum atomic E-state index is 12.8. The zero-order valence-corrected chi connectivity index (χ0v) is 17.7. The van der Waals surface area contributed by atoms with Crippen molar-refractivity contribution in [3.05, 3.63) is 45.9 Å². The Morgan fingerprint density at radius 2 is 1.93 bits per heavy atom. The second kappa shape index (κ2) is 7.50. The van der Waals surface area contributed by atoms with Gasteiger partial charge in [-0.25, -0.2) is 4.68 Å². The van der Waals surface area contributed by atoms with Crippen molar-refractivity contribution in [2.24, 2.45) is 0 Å². The summed E-state index contributed by atoms with van der Waals surface area (Å²) in [7, 11) is 0. The van der Waals surface area contributed by atoms with Crippen LogP contribution in [0.1, 0.15) is 48.1 Å². The maximum Gasteiger partial charge on any atom is 0.269 e. The number of rotatable bonds is 3. The van der Waals surface area contributed by atoms with E-state index >= 15 is 0 Å². The number of carbonyl (C=O) groups is 1. The standard InChI is InChI=1S/C20H22BrN5O2/c1-12-6-4-5-11-25(12)20(27)15-7-9-16(10-8-15)26-13(2)17(21)18(24-26)19-23-22-14(3)28-19/h7-10,12H,4-6,11H2,1-3H3/t12-/m0/s1. The third-order valence-electron chi connectivity index (χ3n) is 5.19. The predicted octanol–water partition coefficient (Wildman–Crippen LogP) is 4.32. The molecule has 1 aliphatic heterocycles. The first-order valence-corrected chi connectivity index (χ1v) is 10.2. The fraction of sp³-hybridized carbons (Fsp3) is 0.400. The van der Waals surface area contributed by atoms with Gasteiger partial charge in [0, 0.05) is 25.1 Å². The Kier molecular flexibility index (Phi) is 5.05. The minimum absolute atomic E-state index is 0.0964. The molecular weight excluding hydrogens is 422 g/mol. The number of benzene rings is 1. The van der Waals surface area contributed by atoms with E-state index in [1.165, 1.54) is 6.42 Å². The van der Waals surface area contributed by atoms with Gasteiger partial charge in [-0.05, 0) is 73.3 Å². The zero-order valence-electron chi connectivity index (χ0n) is 16.1. The van der Waals surface area contributed by atoms with E-state index in [2.05, 4.69) is 38.1 Å². The number of halogens is 1. The molecule has 7 nitrogen and oxygen atoms in total. The van der Waals surface area contributed by atoms with Crippen molar-refractivity contribution in [1.82, 2.24) is 24.9 Å². The topological polar surface area (TPSA) is 77.1 Å². The summed E-state index contributed by atoms with van der Waals surface area (Å²) < 4.78 is 8.11. The highest BCUT2D eigenvalue weighted by atomic mass is 79.9. The third kappa shape index (κ3) is 3.37. The molecule has 2 aromatic heterocycles. The molecule has 4 rings (SSSR count). The summed E-state index contributed by atoms with van der Waals surface area (Å²) in [5.74, 6) is 0.958. The molecule has 1 atom stereocenters. The predicted molar refractivity (Wildman–Crippen MR) is 108 cm³/mol. The molecule has 3 aromatic rings. The molecule has 1 saturated heterocycles. The number of aromatic nitrogens is 4. The molecule has 0 N–H and O–H groups in total. The monoisotopic (exact) mass is 443 g/mol. The van der Waals surface area contributed by atoms with E-state index in [0.29, 0.717) is 29.1 Å². The van der Waals surface area contributed by atoms with E-state index in [9.17, 15) is 4.79 Å². The van der Waals surface area contributed by atoms with Gasteiger partial charge in [-0.1, -0.05) is 0 Å². The lowest BCUT2D eigenvalue weighted by molar-refractivity contribution is 0.0635. The number of likely N-dealkylation sites (tertiary alicyclic amines) is 1. The normalized spacial score (nSPS) is 17.1. The molecule has 1 aromatic carbocycles. The maximum absolute atomic E-state index is 12.8. The van der Waals surface area contributed by atoms with Gasteiger partial charge in [0.1, 0.15) is 0 Å². The van der Waals surface area contributed by atoms with E-state index in [-0.39, 0.29) is 5.91 Å². The number of piperidine rings is 1. The molecule has 0 bridgehead atoms. The van der Waals surface area contributed by atoms with Crippen LogP contribution >= 0.6 is 15.9 Å². The summed E-state index contributed by atoms with van der Waals surface area (Å²) in [6.07, 6.45) is 3.34. The Morgan fingerprint density at radius 3 is 2.57 bits per heavy atom. The van der Waals surface area contributed by atoms with Crippen LogP contribution in [0.15, 0.2) is 33.2 Å². The first-order chi connectivity index (χ1) is 13.5. The molecule has 146 valence electrons. The van der Waals surface area contributed by atoms with Crippen molar-refractivity contribution < 1.29 is 9.21 Å². The molecule has 0 unspecified atom stereocenters. The highest BCUT2D eigenvalue weighted by molar-refractivity contribution is 9.10. The highest BCUT2D eigenvalue weighted by Crippen LogP contribution is 2.31. The first-order valence-electron chi connectivity index (χ1n) is 9.42. The minimum atomic E-state index is 0.0964. The largest absolute Gasteiger partial charge is 0.420 e. The van der Waals surface area contributed by atoms with Crippen LogP contribution in [0.5, 0.6) is 0 Å². The van der Waals surface area contributed by atoms with Crippen molar-refractivity contribution >= 4 is 21.8 Å². The van der Waals surface area contributed by atoms with E-state index in [4.69, 9.17) is 4.42 Å². The van der Waals surface area contributed by atoms with Gasteiger partial charge in [-0.3, -0.25) is 4.79 Å². The van der Waals surface area contributed by atoms with Crippen molar-refractivity contribution in [1.29, 1.82) is 0 Å². The smallest absolute Gasteiger partial charge is 0.269 e. The minimum Gasteiger partial charge on any atom is -0.420 e. The Bertz CT molecular complexity index is 1010. The molecule has 0 aliphatic carbocycles. The number of nitrogens with zero attached hydrogens (tertiary/aromatic N) is 5. The molecule has 0 saturated carbocycles. The van der Waals surface area contributed by atoms with Gasteiger partial charge in [0.15, 0.2) is 5.69 Å². The van der Waals surface area contributed by atoms with Crippen LogP contribution in [0.4, 0.5) is 0 Å². The van der Waals surface area contributed by atoms with Gasteiger partial charge in [-0.15, -0.1) is 10.2 Å². The number of carbonyl (C=O) groups excluding carboxylic acids is 1. The van der Waals surface area contributed by atoms with Gasteiger partial charge < -0.3 is 9.32 Å². The van der Waals surface area contributed by atoms with Gasteiger partial charge in [0.2, 0.25) is 5.89 Å². The SMILES string of the molecule is Cc1nnc(-c2nn(-c3ccc(C(=O)N4CCCC[C@@H]4C)cc3)c(C)c2Br)o1. The van der Waals surface area contributed by atoms with Crippen molar-refractivity contribution in [2.75, 3.05) is 6.54 Å². The third-order valence-corrected chi connectivity index (χ3v) is 6.14. The second-order valence-corrected chi connectivity index (χ2v) is 7.97. The van der Waals surface area contributed by atoms with E-state index in [0.717, 1.165) is 35.2 Å². The average Bonchev–Trinajstić information content (AvgIpc) is 3.25. The van der Waals surface area contributed by atoms with Gasteiger partial charge in [-0.2, -0.15) is 5.10 Å². The van der Waals surface area contributed by atoms with Crippen LogP contribution in [-0.4, -0.2) is 43.4 Å². The van der Waals surface area contributed by atoms with Gasteiger partial charge in [0.25, 0.3) is 11.8 Å². The van der Waals surface area contributed by atoms with Crippen LogP contribution in [0.25, 0.3) is 17.3 Å². The van der Waals surface area contributed by atoms with Crippen LogP contribution in [0.3, 0.4) is 0 Å². The Morgan fingerprint density at radius 1 is 1.18 bits per heavy atom. The summed E-state index contributed by atoms with van der Waals surface area (Å²) in [5, 5.41) is 12.5. The van der Waals surface area contributed by atoms with E-state index in [1.54, 1.807) is 11.6 Å². The number of amides is 1. The molecule has 0 spiro atoms. The van der Waals surface area contributed by atoms with Crippen LogP contribution in [0.2, 0.25) is 0 Å².